The number of rotatable bonds is 3. The fraction of sp³-hybridized carbons (Fsp3) is 0.273. The molecule has 0 saturated heterocycles. The highest BCUT2D eigenvalue weighted by Crippen LogP contribution is 2.12. The van der Waals surface area contributed by atoms with Gasteiger partial charge in [0.05, 0.1) is 4.90 Å². The van der Waals surface area contributed by atoms with Crippen molar-refractivity contribution in [2.75, 3.05) is 13.2 Å². The lowest BCUT2D eigenvalue weighted by Gasteiger charge is -2.02. The van der Waals surface area contributed by atoms with E-state index in [1.807, 2.05) is 6.92 Å². The number of aryl methyl sites for hydroxylation is 1. The SMILES string of the molecule is Cc1ccc(S(=O)(=O)OCC#CCO)cc1. The van der Waals surface area contributed by atoms with Crippen LogP contribution in [0, 0.1) is 18.8 Å². The first-order valence-electron chi connectivity index (χ1n) is 4.59. The molecule has 0 aliphatic rings. The summed E-state index contributed by atoms with van der Waals surface area (Å²) in [6, 6.07) is 6.33. The minimum atomic E-state index is -3.74. The van der Waals surface area contributed by atoms with Gasteiger partial charge in [-0.1, -0.05) is 29.5 Å². The van der Waals surface area contributed by atoms with Gasteiger partial charge < -0.3 is 5.11 Å². The van der Waals surface area contributed by atoms with Crippen molar-refractivity contribution in [3.63, 3.8) is 0 Å². The normalized spacial score (nSPS) is 10.6. The predicted octanol–water partition coefficient (Wildman–Crippen LogP) is 0.696. The monoisotopic (exact) mass is 240 g/mol. The summed E-state index contributed by atoms with van der Waals surface area (Å²) < 4.78 is 27.8. The van der Waals surface area contributed by atoms with Crippen LogP contribution in [0.25, 0.3) is 0 Å². The molecule has 1 N–H and O–H groups in total. The van der Waals surface area contributed by atoms with E-state index < -0.39 is 10.1 Å². The van der Waals surface area contributed by atoms with E-state index in [1.54, 1.807) is 12.1 Å². The lowest BCUT2D eigenvalue weighted by Crippen LogP contribution is -2.06. The van der Waals surface area contributed by atoms with Crippen molar-refractivity contribution < 1.29 is 17.7 Å². The van der Waals surface area contributed by atoms with Gasteiger partial charge in [-0.15, -0.1) is 0 Å². The van der Waals surface area contributed by atoms with Crippen molar-refractivity contribution in [3.05, 3.63) is 29.8 Å². The standard InChI is InChI=1S/C11H12O4S/c1-10-4-6-11(7-5-10)16(13,14)15-9-3-2-8-12/h4-7,12H,8-9H2,1H3. The molecule has 0 atom stereocenters. The first kappa shape index (κ1) is 12.7. The van der Waals surface area contributed by atoms with Crippen LogP contribution >= 0.6 is 0 Å². The van der Waals surface area contributed by atoms with Gasteiger partial charge >= 0.3 is 0 Å². The van der Waals surface area contributed by atoms with Crippen LogP contribution in [0.15, 0.2) is 29.2 Å². The van der Waals surface area contributed by atoms with E-state index in [1.165, 1.54) is 12.1 Å². The highest BCUT2D eigenvalue weighted by molar-refractivity contribution is 7.86. The summed E-state index contributed by atoms with van der Waals surface area (Å²) in [7, 11) is -3.74. The van der Waals surface area contributed by atoms with Crippen molar-refractivity contribution in [2.24, 2.45) is 0 Å². The van der Waals surface area contributed by atoms with Crippen LogP contribution in [-0.2, 0) is 14.3 Å². The number of hydrogen-bond acceptors (Lipinski definition) is 4. The van der Waals surface area contributed by atoms with Crippen molar-refractivity contribution >= 4 is 10.1 Å². The Kier molecular flexibility index (Phi) is 4.50. The van der Waals surface area contributed by atoms with Gasteiger partial charge in [-0.2, -0.15) is 8.42 Å². The molecule has 0 aromatic heterocycles. The minimum Gasteiger partial charge on any atom is -0.384 e. The van der Waals surface area contributed by atoms with E-state index >= 15 is 0 Å². The van der Waals surface area contributed by atoms with Gasteiger partial charge in [0.2, 0.25) is 0 Å². The zero-order chi connectivity index (χ0) is 12.0. The molecule has 5 heteroatoms. The summed E-state index contributed by atoms with van der Waals surface area (Å²) in [5.74, 6) is 4.67. The van der Waals surface area contributed by atoms with E-state index in [-0.39, 0.29) is 18.1 Å². The molecule has 0 spiro atoms. The maximum Gasteiger partial charge on any atom is 0.297 e. The molecular formula is C11H12O4S. The van der Waals surface area contributed by atoms with Gasteiger partial charge in [0.1, 0.15) is 13.2 Å². The second kappa shape index (κ2) is 5.66. The zero-order valence-corrected chi connectivity index (χ0v) is 9.62. The Morgan fingerprint density at radius 3 is 2.44 bits per heavy atom. The molecule has 0 radical (unpaired) electrons. The molecule has 0 fully saturated rings. The van der Waals surface area contributed by atoms with E-state index in [0.717, 1.165) is 5.56 Å². The Morgan fingerprint density at radius 2 is 1.88 bits per heavy atom. The van der Waals surface area contributed by atoms with Crippen LogP contribution in [0.2, 0.25) is 0 Å². The molecule has 0 bridgehead atoms. The molecule has 1 aromatic rings. The number of hydrogen-bond donors (Lipinski definition) is 1. The Bertz CT molecular complexity index is 491. The van der Waals surface area contributed by atoms with E-state index in [0.29, 0.717) is 0 Å². The molecule has 0 saturated carbocycles. The van der Waals surface area contributed by atoms with Crippen molar-refractivity contribution in [1.82, 2.24) is 0 Å². The Hall–Kier alpha value is -1.35. The first-order chi connectivity index (χ1) is 7.56. The van der Waals surface area contributed by atoms with Crippen molar-refractivity contribution in [2.45, 2.75) is 11.8 Å². The average molecular weight is 240 g/mol. The molecule has 16 heavy (non-hydrogen) atoms. The molecule has 1 aromatic carbocycles. The summed E-state index contributed by atoms with van der Waals surface area (Å²) in [5.41, 5.74) is 0.971. The van der Waals surface area contributed by atoms with Crippen LogP contribution in [0.1, 0.15) is 5.56 Å². The predicted molar refractivity (Wildman–Crippen MR) is 59.2 cm³/mol. The van der Waals surface area contributed by atoms with Gasteiger partial charge in [-0.3, -0.25) is 4.18 Å². The lowest BCUT2D eigenvalue weighted by atomic mass is 10.2. The molecule has 1 rings (SSSR count). The zero-order valence-electron chi connectivity index (χ0n) is 8.80. The molecular weight excluding hydrogens is 228 g/mol. The van der Waals surface area contributed by atoms with E-state index in [2.05, 4.69) is 16.0 Å². The molecule has 0 amide bonds. The molecule has 0 aliphatic heterocycles. The van der Waals surface area contributed by atoms with Crippen LogP contribution in [0.4, 0.5) is 0 Å². The van der Waals surface area contributed by atoms with Gasteiger partial charge in [0.25, 0.3) is 10.1 Å². The highest BCUT2D eigenvalue weighted by atomic mass is 32.2. The largest absolute Gasteiger partial charge is 0.384 e. The van der Waals surface area contributed by atoms with Crippen LogP contribution in [0.3, 0.4) is 0 Å². The highest BCUT2D eigenvalue weighted by Gasteiger charge is 2.13. The summed E-state index contributed by atoms with van der Waals surface area (Å²) in [6.45, 7) is 1.30. The van der Waals surface area contributed by atoms with Crippen LogP contribution in [0.5, 0.6) is 0 Å². The Balaban J connectivity index is 2.74. The summed E-state index contributed by atoms with van der Waals surface area (Å²) >= 11 is 0. The van der Waals surface area contributed by atoms with Crippen molar-refractivity contribution in [3.8, 4) is 11.8 Å². The number of aliphatic hydroxyl groups is 1. The lowest BCUT2D eigenvalue weighted by molar-refractivity contribution is 0.347. The van der Waals surface area contributed by atoms with Gasteiger partial charge in [-0.25, -0.2) is 0 Å². The molecule has 0 unspecified atom stereocenters. The van der Waals surface area contributed by atoms with Gasteiger partial charge in [-0.05, 0) is 19.1 Å². The minimum absolute atomic E-state index is 0.101. The third-order valence-corrected chi connectivity index (χ3v) is 3.08. The van der Waals surface area contributed by atoms with Gasteiger partial charge in [0, 0.05) is 0 Å². The maximum absolute atomic E-state index is 11.6. The second-order valence-electron chi connectivity index (χ2n) is 3.04. The second-order valence-corrected chi connectivity index (χ2v) is 4.66. The van der Waals surface area contributed by atoms with Gasteiger partial charge in [0.15, 0.2) is 0 Å². The third kappa shape index (κ3) is 3.66. The van der Waals surface area contributed by atoms with Crippen LogP contribution in [-0.4, -0.2) is 26.7 Å². The molecule has 0 heterocycles. The Morgan fingerprint density at radius 1 is 1.25 bits per heavy atom. The molecule has 4 nitrogen and oxygen atoms in total. The topological polar surface area (TPSA) is 63.6 Å². The Labute approximate surface area is 95.0 Å². The maximum atomic E-state index is 11.6. The molecule has 86 valence electrons. The third-order valence-electron chi connectivity index (χ3n) is 1.80. The average Bonchev–Trinajstić information content (AvgIpc) is 2.25. The quantitative estimate of drug-likeness (QED) is 0.624. The fourth-order valence-corrected chi connectivity index (χ4v) is 1.81. The first-order valence-corrected chi connectivity index (χ1v) is 6.00. The summed E-state index contributed by atoms with van der Waals surface area (Å²) in [5, 5.41) is 8.36. The molecule has 0 aliphatic carbocycles. The number of aliphatic hydroxyl groups excluding tert-OH is 1. The van der Waals surface area contributed by atoms with Crippen molar-refractivity contribution in [1.29, 1.82) is 0 Å². The summed E-state index contributed by atoms with van der Waals surface area (Å²) in [4.78, 5) is 0.101. The van der Waals surface area contributed by atoms with Crippen LogP contribution < -0.4 is 0 Å². The number of benzene rings is 1. The summed E-state index contributed by atoms with van der Waals surface area (Å²) in [6.07, 6.45) is 0. The smallest absolute Gasteiger partial charge is 0.297 e. The fourth-order valence-electron chi connectivity index (χ4n) is 0.987. The van der Waals surface area contributed by atoms with E-state index in [9.17, 15) is 8.42 Å². The van der Waals surface area contributed by atoms with E-state index in [4.69, 9.17) is 5.11 Å².